The van der Waals surface area contributed by atoms with Crippen molar-refractivity contribution in [2.24, 2.45) is 0 Å². The molecule has 0 amide bonds. The first-order valence-electron chi connectivity index (χ1n) is 7.01. The van der Waals surface area contributed by atoms with E-state index in [2.05, 4.69) is 56.3 Å². The fraction of sp³-hybridized carbons (Fsp3) is 0.158. The summed E-state index contributed by atoms with van der Waals surface area (Å²) in [5.74, 6) is 0. The maximum absolute atomic E-state index is 11.5. The molecule has 0 saturated heterocycles. The Labute approximate surface area is 128 Å². The van der Waals surface area contributed by atoms with Gasteiger partial charge in [-0.15, -0.1) is 0 Å². The van der Waals surface area contributed by atoms with Gasteiger partial charge in [0.05, 0.1) is 0 Å². The van der Waals surface area contributed by atoms with Crippen molar-refractivity contribution in [3.63, 3.8) is 0 Å². The summed E-state index contributed by atoms with van der Waals surface area (Å²) < 4.78 is 11.5. The number of rotatable bonds is 2. The minimum atomic E-state index is -0.923. The van der Waals surface area contributed by atoms with Gasteiger partial charge in [-0.2, -0.15) is 0 Å². The molecule has 106 valence electrons. The molecule has 1 unspecified atom stereocenters. The smallest absolute Gasteiger partial charge is 0.0498 e. The molecule has 0 saturated carbocycles. The molecule has 2 aromatic rings. The van der Waals surface area contributed by atoms with Gasteiger partial charge in [0.25, 0.3) is 0 Å². The van der Waals surface area contributed by atoms with Crippen LogP contribution in [0.5, 0.6) is 0 Å². The molecule has 1 aliphatic carbocycles. The molecule has 0 aromatic heterocycles. The van der Waals surface area contributed by atoms with Gasteiger partial charge < -0.3 is 0 Å². The quantitative estimate of drug-likeness (QED) is 0.779. The molecule has 2 heteroatoms. The minimum absolute atomic E-state index is 0.871. The standard InChI is InChI=1S/C19H18OS/c1-13-12-16-6-4-5-7-18(16)19(13)14(2)15-8-10-17(11-9-15)21(3)20/h4-12H,1-3H3/b19-14-. The lowest BCUT2D eigenvalue weighted by Crippen LogP contribution is -1.91. The summed E-state index contributed by atoms with van der Waals surface area (Å²) in [4.78, 5) is 0.871. The fourth-order valence-electron chi connectivity index (χ4n) is 2.91. The average Bonchev–Trinajstić information content (AvgIpc) is 2.82. The minimum Gasteiger partial charge on any atom is -0.255 e. The highest BCUT2D eigenvalue weighted by atomic mass is 32.2. The molecule has 0 spiro atoms. The molecule has 1 aliphatic rings. The van der Waals surface area contributed by atoms with Gasteiger partial charge in [0.15, 0.2) is 0 Å². The summed E-state index contributed by atoms with van der Waals surface area (Å²) in [6.07, 6.45) is 3.95. The maximum atomic E-state index is 11.5. The zero-order valence-corrected chi connectivity index (χ0v) is 13.3. The summed E-state index contributed by atoms with van der Waals surface area (Å²) in [6, 6.07) is 16.5. The Bertz CT molecular complexity index is 779. The lowest BCUT2D eigenvalue weighted by Gasteiger charge is -2.11. The second-order valence-electron chi connectivity index (χ2n) is 5.39. The Balaban J connectivity index is 2.10. The van der Waals surface area contributed by atoms with Crippen molar-refractivity contribution in [3.8, 4) is 0 Å². The van der Waals surface area contributed by atoms with Crippen LogP contribution in [0.25, 0.3) is 17.2 Å². The van der Waals surface area contributed by atoms with E-state index in [1.54, 1.807) is 6.26 Å². The van der Waals surface area contributed by atoms with E-state index in [1.165, 1.54) is 33.4 Å². The Hall–Kier alpha value is -1.93. The molecule has 0 heterocycles. The van der Waals surface area contributed by atoms with Crippen molar-refractivity contribution in [3.05, 3.63) is 70.8 Å². The Morgan fingerprint density at radius 2 is 1.67 bits per heavy atom. The molecular formula is C19H18OS. The third kappa shape index (κ3) is 2.52. The van der Waals surface area contributed by atoms with E-state index < -0.39 is 10.8 Å². The summed E-state index contributed by atoms with van der Waals surface area (Å²) in [5.41, 5.74) is 7.66. The van der Waals surface area contributed by atoms with E-state index in [0.29, 0.717) is 0 Å². The number of benzene rings is 2. The summed E-state index contributed by atoms with van der Waals surface area (Å²) in [7, 11) is -0.923. The van der Waals surface area contributed by atoms with Crippen molar-refractivity contribution in [1.82, 2.24) is 0 Å². The van der Waals surface area contributed by atoms with Crippen LogP contribution in [-0.2, 0) is 10.8 Å². The van der Waals surface area contributed by atoms with Gasteiger partial charge in [0.2, 0.25) is 0 Å². The maximum Gasteiger partial charge on any atom is 0.0498 e. The van der Waals surface area contributed by atoms with Crippen molar-refractivity contribution in [1.29, 1.82) is 0 Å². The third-order valence-electron chi connectivity index (χ3n) is 3.99. The van der Waals surface area contributed by atoms with E-state index in [4.69, 9.17) is 0 Å². The first-order valence-corrected chi connectivity index (χ1v) is 8.56. The largest absolute Gasteiger partial charge is 0.255 e. The predicted octanol–water partition coefficient (Wildman–Crippen LogP) is 4.77. The van der Waals surface area contributed by atoms with Crippen LogP contribution < -0.4 is 0 Å². The van der Waals surface area contributed by atoms with E-state index >= 15 is 0 Å². The van der Waals surface area contributed by atoms with E-state index in [0.717, 1.165) is 4.90 Å². The van der Waals surface area contributed by atoms with Gasteiger partial charge in [-0.25, -0.2) is 0 Å². The van der Waals surface area contributed by atoms with Crippen LogP contribution >= 0.6 is 0 Å². The molecule has 0 radical (unpaired) electrons. The van der Waals surface area contributed by atoms with Crippen LogP contribution in [0.4, 0.5) is 0 Å². The van der Waals surface area contributed by atoms with Crippen LogP contribution in [0, 0.1) is 0 Å². The fourth-order valence-corrected chi connectivity index (χ4v) is 3.43. The summed E-state index contributed by atoms with van der Waals surface area (Å²) in [6.45, 7) is 4.32. The second kappa shape index (κ2) is 5.45. The monoisotopic (exact) mass is 294 g/mol. The van der Waals surface area contributed by atoms with Crippen molar-refractivity contribution in [2.75, 3.05) is 6.26 Å². The number of allylic oxidation sites excluding steroid dienone is 3. The van der Waals surface area contributed by atoms with Crippen molar-refractivity contribution >= 4 is 28.0 Å². The van der Waals surface area contributed by atoms with Crippen LogP contribution in [0.2, 0.25) is 0 Å². The molecule has 21 heavy (non-hydrogen) atoms. The third-order valence-corrected chi connectivity index (χ3v) is 4.93. The Morgan fingerprint density at radius 1 is 1.00 bits per heavy atom. The van der Waals surface area contributed by atoms with Crippen LogP contribution in [-0.4, -0.2) is 10.5 Å². The molecular weight excluding hydrogens is 276 g/mol. The van der Waals surface area contributed by atoms with Gasteiger partial charge >= 0.3 is 0 Å². The molecule has 0 fully saturated rings. The summed E-state index contributed by atoms with van der Waals surface area (Å²) >= 11 is 0. The molecule has 0 bridgehead atoms. The molecule has 1 nitrogen and oxygen atoms in total. The highest BCUT2D eigenvalue weighted by Gasteiger charge is 2.18. The van der Waals surface area contributed by atoms with Gasteiger partial charge in [-0.3, -0.25) is 4.21 Å². The van der Waals surface area contributed by atoms with Crippen LogP contribution in [0.3, 0.4) is 0 Å². The molecule has 1 atom stereocenters. The first kappa shape index (κ1) is 14.0. The normalized spacial score (nSPS) is 17.2. The van der Waals surface area contributed by atoms with E-state index in [-0.39, 0.29) is 0 Å². The lowest BCUT2D eigenvalue weighted by molar-refractivity contribution is 0.687. The molecule has 2 aromatic carbocycles. The highest BCUT2D eigenvalue weighted by Crippen LogP contribution is 2.39. The van der Waals surface area contributed by atoms with Crippen LogP contribution in [0.1, 0.15) is 30.5 Å². The van der Waals surface area contributed by atoms with Crippen molar-refractivity contribution in [2.45, 2.75) is 18.7 Å². The molecule has 0 aliphatic heterocycles. The second-order valence-corrected chi connectivity index (χ2v) is 6.77. The average molecular weight is 294 g/mol. The summed E-state index contributed by atoms with van der Waals surface area (Å²) in [5, 5.41) is 0. The first-order chi connectivity index (χ1) is 10.1. The highest BCUT2D eigenvalue weighted by molar-refractivity contribution is 7.84. The lowest BCUT2D eigenvalue weighted by atomic mass is 9.94. The van der Waals surface area contributed by atoms with Gasteiger partial charge in [0, 0.05) is 22.0 Å². The SMILES string of the molecule is CC1=Cc2ccccc2/C1=C(/C)c1ccc(S(C)=O)cc1. The number of hydrogen-bond acceptors (Lipinski definition) is 1. The number of hydrogen-bond donors (Lipinski definition) is 0. The topological polar surface area (TPSA) is 17.1 Å². The zero-order chi connectivity index (χ0) is 15.0. The Kier molecular flexibility index (Phi) is 3.64. The predicted molar refractivity (Wildman–Crippen MR) is 91.4 cm³/mol. The van der Waals surface area contributed by atoms with E-state index in [9.17, 15) is 4.21 Å². The van der Waals surface area contributed by atoms with Gasteiger partial charge in [-0.05, 0) is 59.4 Å². The van der Waals surface area contributed by atoms with Crippen LogP contribution in [0.15, 0.2) is 59.0 Å². The van der Waals surface area contributed by atoms with E-state index in [1.807, 2.05) is 12.1 Å². The zero-order valence-electron chi connectivity index (χ0n) is 12.5. The molecule has 3 rings (SSSR count). The Morgan fingerprint density at radius 3 is 2.33 bits per heavy atom. The van der Waals surface area contributed by atoms with Gasteiger partial charge in [0.1, 0.15) is 0 Å². The number of fused-ring (bicyclic) bond motifs is 1. The van der Waals surface area contributed by atoms with Gasteiger partial charge in [-0.1, -0.05) is 42.5 Å². The molecule has 0 N–H and O–H groups in total. The van der Waals surface area contributed by atoms with Crippen molar-refractivity contribution < 1.29 is 4.21 Å².